The molecule has 6 heteroatoms. The average molecular weight is 438 g/mol. The van der Waals surface area contributed by atoms with Crippen LogP contribution >= 0.6 is 11.3 Å². The zero-order chi connectivity index (χ0) is 22.0. The maximum Gasteiger partial charge on any atom is 0.197 e. The summed E-state index contributed by atoms with van der Waals surface area (Å²) in [6.07, 6.45) is 1.59. The van der Waals surface area contributed by atoms with E-state index in [2.05, 4.69) is 4.98 Å². The van der Waals surface area contributed by atoms with E-state index in [0.29, 0.717) is 16.1 Å². The number of nitrogens with zero attached hydrogens (tertiary/aromatic N) is 2. The zero-order valence-corrected chi connectivity index (χ0v) is 17.7. The van der Waals surface area contributed by atoms with E-state index in [1.165, 1.54) is 23.5 Å². The van der Waals surface area contributed by atoms with Gasteiger partial charge in [-0.1, -0.05) is 24.3 Å². The van der Waals surface area contributed by atoms with Gasteiger partial charge in [0.25, 0.3) is 0 Å². The van der Waals surface area contributed by atoms with Crippen LogP contribution in [0.4, 0.5) is 4.39 Å². The Bertz CT molecular complexity index is 1570. The average Bonchev–Trinajstić information content (AvgIpc) is 3.41. The number of fused-ring (bicyclic) bond motifs is 3. The number of halogens is 1. The van der Waals surface area contributed by atoms with Gasteiger partial charge in [-0.2, -0.15) is 0 Å². The first-order valence-electron chi connectivity index (χ1n) is 10.1. The quantitative estimate of drug-likeness (QED) is 0.249. The Morgan fingerprint density at radius 1 is 0.906 bits per heavy atom. The van der Waals surface area contributed by atoms with Crippen molar-refractivity contribution in [1.29, 1.82) is 0 Å². The maximum atomic E-state index is 13.3. The molecule has 1 aliphatic rings. The van der Waals surface area contributed by atoms with E-state index < -0.39 is 0 Å². The summed E-state index contributed by atoms with van der Waals surface area (Å²) < 4.78 is 16.1. The fourth-order valence-corrected chi connectivity index (χ4v) is 5.21. The van der Waals surface area contributed by atoms with Gasteiger partial charge >= 0.3 is 0 Å². The van der Waals surface area contributed by atoms with Gasteiger partial charge in [-0.15, -0.1) is 11.3 Å². The molecule has 6 rings (SSSR count). The molecular weight excluding hydrogens is 423 g/mol. The molecule has 2 aromatic heterocycles. The Balaban J connectivity index is 1.40. The highest BCUT2D eigenvalue weighted by molar-refractivity contribution is 7.19. The molecule has 3 aromatic carbocycles. The van der Waals surface area contributed by atoms with Gasteiger partial charge in [-0.3, -0.25) is 9.59 Å². The van der Waals surface area contributed by atoms with E-state index in [1.807, 2.05) is 41.9 Å². The van der Waals surface area contributed by atoms with E-state index in [-0.39, 0.29) is 23.0 Å². The molecule has 0 amide bonds. The number of hydrogen-bond donors (Lipinski definition) is 0. The second kappa shape index (κ2) is 6.80. The molecule has 154 valence electrons. The van der Waals surface area contributed by atoms with Gasteiger partial charge in [0.05, 0.1) is 16.0 Å². The topological polar surface area (TPSA) is 52.0 Å². The zero-order valence-electron chi connectivity index (χ0n) is 16.9. The highest BCUT2D eigenvalue weighted by Crippen LogP contribution is 2.35. The first-order chi connectivity index (χ1) is 15.5. The minimum absolute atomic E-state index is 0.146. The molecule has 0 fully saturated rings. The fraction of sp³-hybridized carbons (Fsp3) is 0.0385. The van der Waals surface area contributed by atoms with Crippen LogP contribution in [-0.4, -0.2) is 21.1 Å². The van der Waals surface area contributed by atoms with Crippen molar-refractivity contribution in [3.63, 3.8) is 0 Å². The van der Waals surface area contributed by atoms with Crippen molar-refractivity contribution in [2.75, 3.05) is 0 Å². The summed E-state index contributed by atoms with van der Waals surface area (Å²) in [5, 5.41) is 2.47. The number of carbonyl (C=O) groups is 2. The summed E-state index contributed by atoms with van der Waals surface area (Å²) in [5.74, 6) is -0.805. The summed E-state index contributed by atoms with van der Waals surface area (Å²) in [4.78, 5) is 30.6. The molecule has 0 radical (unpaired) electrons. The van der Waals surface area contributed by atoms with Gasteiger partial charge in [0.2, 0.25) is 0 Å². The molecule has 0 spiro atoms. The standard InChI is InChI=1S/C26H15FN2O2S/c1-29-21(14-6-8-17(27)9-7-14)13-22-26(29)28-23(32-22)12-20-24(30)18-10-15-4-2-3-5-16(15)11-19(18)25(20)31/h2-13H,1H3. The summed E-state index contributed by atoms with van der Waals surface area (Å²) in [6.45, 7) is 0. The van der Waals surface area contributed by atoms with Crippen molar-refractivity contribution in [1.82, 2.24) is 9.55 Å². The van der Waals surface area contributed by atoms with Crippen LogP contribution in [0.15, 0.2) is 72.3 Å². The third-order valence-corrected chi connectivity index (χ3v) is 6.81. The number of rotatable bonds is 2. The summed E-state index contributed by atoms with van der Waals surface area (Å²) in [7, 11) is 1.89. The maximum absolute atomic E-state index is 13.3. The Morgan fingerprint density at radius 3 is 2.12 bits per heavy atom. The molecule has 0 bridgehead atoms. The third kappa shape index (κ3) is 2.77. The predicted molar refractivity (Wildman–Crippen MR) is 125 cm³/mol. The van der Waals surface area contributed by atoms with Crippen LogP contribution in [0.5, 0.6) is 0 Å². The van der Waals surface area contributed by atoms with Crippen molar-refractivity contribution in [2.45, 2.75) is 0 Å². The molecule has 4 nitrogen and oxygen atoms in total. The summed E-state index contributed by atoms with van der Waals surface area (Å²) in [6, 6.07) is 19.6. The Kier molecular flexibility index (Phi) is 4.00. The number of allylic oxidation sites excluding steroid dienone is 1. The van der Waals surface area contributed by atoms with E-state index in [0.717, 1.165) is 32.4 Å². The Morgan fingerprint density at radius 2 is 1.53 bits per heavy atom. The van der Waals surface area contributed by atoms with E-state index in [4.69, 9.17) is 0 Å². The van der Waals surface area contributed by atoms with Crippen molar-refractivity contribution in [3.8, 4) is 11.3 Å². The van der Waals surface area contributed by atoms with E-state index >= 15 is 0 Å². The van der Waals surface area contributed by atoms with Gasteiger partial charge in [0.15, 0.2) is 17.2 Å². The van der Waals surface area contributed by atoms with Crippen molar-refractivity contribution in [3.05, 3.63) is 94.3 Å². The number of ketones is 2. The smallest absolute Gasteiger partial charge is 0.197 e. The highest BCUT2D eigenvalue weighted by Gasteiger charge is 2.33. The van der Waals surface area contributed by atoms with E-state index in [1.54, 1.807) is 30.3 Å². The number of benzene rings is 3. The van der Waals surface area contributed by atoms with Gasteiger partial charge in [-0.25, -0.2) is 9.37 Å². The van der Waals surface area contributed by atoms with Gasteiger partial charge in [-0.05, 0) is 64.9 Å². The van der Waals surface area contributed by atoms with Crippen LogP contribution in [0.25, 0.3) is 38.5 Å². The Hall–Kier alpha value is -3.90. The van der Waals surface area contributed by atoms with E-state index in [9.17, 15) is 14.0 Å². The molecule has 0 aliphatic heterocycles. The number of hydrogen-bond acceptors (Lipinski definition) is 4. The third-order valence-electron chi connectivity index (χ3n) is 5.87. The molecule has 5 aromatic rings. The van der Waals surface area contributed by atoms with Crippen molar-refractivity contribution >= 4 is 50.1 Å². The van der Waals surface area contributed by atoms with Crippen LogP contribution in [0.2, 0.25) is 0 Å². The van der Waals surface area contributed by atoms with Crippen LogP contribution in [0.1, 0.15) is 25.7 Å². The molecule has 0 N–H and O–H groups in total. The number of carbonyl (C=O) groups excluding carboxylic acids is 2. The van der Waals surface area contributed by atoms with Crippen LogP contribution in [0.3, 0.4) is 0 Å². The SMILES string of the molecule is Cn1c(-c2ccc(F)cc2)cc2sc(C=C3C(=O)c4cc5ccccc5cc4C3=O)nc21. The predicted octanol–water partition coefficient (Wildman–Crippen LogP) is 6.06. The minimum atomic E-state index is -0.281. The summed E-state index contributed by atoms with van der Waals surface area (Å²) >= 11 is 1.42. The number of Topliss-reactive ketones (excluding diaryl/α,β-unsaturated/α-hetero) is 2. The molecule has 0 saturated carbocycles. The lowest BCUT2D eigenvalue weighted by atomic mass is 10.0. The number of thiazole rings is 1. The first-order valence-corrected chi connectivity index (χ1v) is 10.9. The second-order valence-corrected chi connectivity index (χ2v) is 8.86. The molecule has 2 heterocycles. The molecule has 0 atom stereocenters. The van der Waals surface area contributed by atoms with Gasteiger partial charge in [0.1, 0.15) is 10.8 Å². The van der Waals surface area contributed by atoms with Gasteiger partial charge in [0, 0.05) is 18.2 Å². The lowest BCUT2D eigenvalue weighted by molar-refractivity contribution is 0.0990. The fourth-order valence-electron chi connectivity index (χ4n) is 4.23. The first kappa shape index (κ1) is 18.8. The summed E-state index contributed by atoms with van der Waals surface area (Å²) in [5.41, 5.74) is 3.60. The molecule has 1 aliphatic carbocycles. The Labute approximate surface area is 186 Å². The molecule has 0 unspecified atom stereocenters. The second-order valence-electron chi connectivity index (χ2n) is 7.80. The molecule has 32 heavy (non-hydrogen) atoms. The molecular formula is C26H15FN2O2S. The monoisotopic (exact) mass is 438 g/mol. The van der Waals surface area contributed by atoms with Crippen LogP contribution in [-0.2, 0) is 7.05 Å². The van der Waals surface area contributed by atoms with Crippen molar-refractivity contribution in [2.24, 2.45) is 7.05 Å². The largest absolute Gasteiger partial charge is 0.328 e. The normalized spacial score (nSPS) is 13.4. The highest BCUT2D eigenvalue weighted by atomic mass is 32.1. The molecule has 0 saturated heterocycles. The lowest BCUT2D eigenvalue weighted by Crippen LogP contribution is -2.00. The lowest BCUT2D eigenvalue weighted by Gasteiger charge is -2.03. The van der Waals surface area contributed by atoms with Crippen LogP contribution in [0, 0.1) is 5.82 Å². The number of aryl methyl sites for hydroxylation is 1. The minimum Gasteiger partial charge on any atom is -0.328 e. The number of aromatic nitrogens is 2. The van der Waals surface area contributed by atoms with Crippen molar-refractivity contribution < 1.29 is 14.0 Å². The van der Waals surface area contributed by atoms with Crippen LogP contribution < -0.4 is 0 Å². The van der Waals surface area contributed by atoms with Gasteiger partial charge < -0.3 is 4.57 Å².